The standard InChI is InChI=1S/C44H45FNO5PSi/c1-31(2)42-39(41(33-24-26-35(45)27-25-33)32(3)43(46-42)34-17-10-7-11-18-34)23-16-28-50-52(49)30-36(29-40(47)48)51-53(44(4,5)6,37-19-12-8-13-20-37)38-21-14-9-15-22-38/h7-15,17-22,24-27,31,36H,28-30H2,1-6H3/p+1/t36-/m0/s1. The van der Waals surface area contributed by atoms with E-state index < -0.39 is 33.5 Å². The molecule has 0 radical (unpaired) electrons. The van der Waals surface area contributed by atoms with Gasteiger partial charge in [0.15, 0.2) is 6.61 Å². The number of carboxylic acid groups (broad SMARTS) is 1. The Labute approximate surface area is 314 Å². The topological polar surface area (TPSA) is 85.7 Å². The van der Waals surface area contributed by atoms with E-state index >= 15 is 0 Å². The van der Waals surface area contributed by atoms with Gasteiger partial charge in [-0.3, -0.25) is 9.78 Å². The maximum atomic E-state index is 14.0. The summed E-state index contributed by atoms with van der Waals surface area (Å²) in [5.41, 5.74) is 5.82. The number of benzene rings is 4. The van der Waals surface area contributed by atoms with Gasteiger partial charge in [0.2, 0.25) is 6.16 Å². The van der Waals surface area contributed by atoms with E-state index in [1.807, 2.05) is 112 Å². The van der Waals surface area contributed by atoms with Crippen molar-refractivity contribution < 1.29 is 27.8 Å². The Morgan fingerprint density at radius 1 is 0.868 bits per heavy atom. The van der Waals surface area contributed by atoms with Crippen LogP contribution < -0.4 is 10.4 Å². The van der Waals surface area contributed by atoms with Crippen molar-refractivity contribution in [3.8, 4) is 34.2 Å². The summed E-state index contributed by atoms with van der Waals surface area (Å²) >= 11 is 0. The number of hydrogen-bond donors (Lipinski definition) is 1. The molecule has 1 N–H and O–H groups in total. The van der Waals surface area contributed by atoms with Crippen molar-refractivity contribution in [2.45, 2.75) is 65.0 Å². The smallest absolute Gasteiger partial charge is 0.481 e. The summed E-state index contributed by atoms with van der Waals surface area (Å²) in [4.78, 5) is 17.3. The van der Waals surface area contributed by atoms with Gasteiger partial charge in [-0.1, -0.05) is 150 Å². The van der Waals surface area contributed by atoms with Crippen molar-refractivity contribution in [3.05, 3.63) is 138 Å². The fourth-order valence-electron chi connectivity index (χ4n) is 6.82. The van der Waals surface area contributed by atoms with Crippen LogP contribution in [0.25, 0.3) is 22.4 Å². The largest absolute Gasteiger partial charge is 0.511 e. The molecule has 6 nitrogen and oxygen atoms in total. The Balaban J connectivity index is 1.46. The highest BCUT2D eigenvalue weighted by molar-refractivity contribution is 7.39. The highest BCUT2D eigenvalue weighted by Crippen LogP contribution is 2.40. The molecule has 5 aromatic rings. The zero-order valence-corrected chi connectivity index (χ0v) is 33.0. The van der Waals surface area contributed by atoms with E-state index in [2.05, 4.69) is 32.6 Å². The van der Waals surface area contributed by atoms with Crippen LogP contribution in [-0.2, 0) is 18.3 Å². The summed E-state index contributed by atoms with van der Waals surface area (Å²) in [7, 11) is -5.48. The molecular weight excluding hydrogens is 701 g/mol. The Kier molecular flexibility index (Phi) is 12.9. The molecule has 9 heteroatoms. The second-order valence-corrected chi connectivity index (χ2v) is 19.9. The molecule has 5 rings (SSSR count). The van der Waals surface area contributed by atoms with Gasteiger partial charge < -0.3 is 9.53 Å². The van der Waals surface area contributed by atoms with Crippen molar-refractivity contribution in [2.75, 3.05) is 12.8 Å². The number of nitrogens with zero attached hydrogens (tertiary/aromatic N) is 1. The first-order valence-corrected chi connectivity index (χ1v) is 21.0. The number of aromatic nitrogens is 1. The summed E-state index contributed by atoms with van der Waals surface area (Å²) in [6.07, 6.45) is -1.33. The van der Waals surface area contributed by atoms with E-state index in [1.54, 1.807) is 12.1 Å². The second kappa shape index (κ2) is 17.4. The molecule has 0 fully saturated rings. The third-order valence-corrected chi connectivity index (χ3v) is 15.4. The number of aliphatic carboxylic acids is 1. The normalized spacial score (nSPS) is 12.6. The molecule has 1 heterocycles. The van der Waals surface area contributed by atoms with Gasteiger partial charge in [0, 0.05) is 11.1 Å². The molecule has 0 spiro atoms. The molecular formula is C44H46FNO5PSi+. The van der Waals surface area contributed by atoms with Crippen molar-refractivity contribution in [2.24, 2.45) is 0 Å². The maximum absolute atomic E-state index is 14.0. The summed E-state index contributed by atoms with van der Waals surface area (Å²) in [5, 5.41) is 11.5. The summed E-state index contributed by atoms with van der Waals surface area (Å²) in [5.74, 6) is 4.94. The Bertz CT molecular complexity index is 2050. The average Bonchev–Trinajstić information content (AvgIpc) is 3.13. The molecule has 272 valence electrons. The number of carbonyl (C=O) groups is 1. The van der Waals surface area contributed by atoms with E-state index in [0.29, 0.717) is 5.56 Å². The Hall–Kier alpha value is -4.77. The first-order chi connectivity index (χ1) is 25.3. The molecule has 1 unspecified atom stereocenters. The Morgan fingerprint density at radius 3 is 1.92 bits per heavy atom. The molecule has 0 saturated carbocycles. The van der Waals surface area contributed by atoms with E-state index in [1.165, 1.54) is 12.1 Å². The van der Waals surface area contributed by atoms with E-state index in [4.69, 9.17) is 13.9 Å². The molecule has 0 aliphatic rings. The molecule has 0 aliphatic carbocycles. The van der Waals surface area contributed by atoms with E-state index in [-0.39, 0.29) is 30.9 Å². The lowest BCUT2D eigenvalue weighted by Gasteiger charge is -2.44. The predicted molar refractivity (Wildman–Crippen MR) is 214 cm³/mol. The number of pyridine rings is 1. The number of rotatable bonds is 13. The van der Waals surface area contributed by atoms with Gasteiger partial charge in [0.05, 0.1) is 23.4 Å². The average molecular weight is 747 g/mol. The summed E-state index contributed by atoms with van der Waals surface area (Å²) < 4.78 is 40.4. The number of halogens is 1. The molecule has 0 amide bonds. The third kappa shape index (κ3) is 9.24. The predicted octanol–water partition coefficient (Wildman–Crippen LogP) is 9.52. The van der Waals surface area contributed by atoms with Crippen molar-refractivity contribution in [3.63, 3.8) is 0 Å². The minimum absolute atomic E-state index is 0.00881. The quantitative estimate of drug-likeness (QED) is 0.0734. The van der Waals surface area contributed by atoms with Crippen molar-refractivity contribution >= 4 is 32.7 Å². The van der Waals surface area contributed by atoms with Crippen LogP contribution in [0.15, 0.2) is 115 Å². The van der Waals surface area contributed by atoms with Crippen LogP contribution in [0.3, 0.4) is 0 Å². The molecule has 0 saturated heterocycles. The van der Waals surface area contributed by atoms with Gasteiger partial charge in [-0.25, -0.2) is 4.39 Å². The zero-order valence-electron chi connectivity index (χ0n) is 31.1. The minimum Gasteiger partial charge on any atom is -0.481 e. The first kappa shape index (κ1) is 39.4. The van der Waals surface area contributed by atoms with Gasteiger partial charge in [0.1, 0.15) is 11.9 Å². The fourth-order valence-corrected chi connectivity index (χ4v) is 12.5. The van der Waals surface area contributed by atoms with E-state index in [0.717, 1.165) is 44.0 Å². The summed E-state index contributed by atoms with van der Waals surface area (Å²) in [6, 6.07) is 36.1. The molecule has 0 aliphatic heterocycles. The second-order valence-electron chi connectivity index (χ2n) is 14.3. The van der Waals surface area contributed by atoms with Crippen LogP contribution in [0.1, 0.15) is 63.8 Å². The lowest BCUT2D eigenvalue weighted by Crippen LogP contribution is -2.68. The van der Waals surface area contributed by atoms with Crippen LogP contribution in [0.4, 0.5) is 4.39 Å². The van der Waals surface area contributed by atoms with Crippen LogP contribution >= 0.6 is 8.03 Å². The molecule has 2 atom stereocenters. The molecule has 0 bridgehead atoms. The van der Waals surface area contributed by atoms with Gasteiger partial charge in [0.25, 0.3) is 8.32 Å². The first-order valence-electron chi connectivity index (χ1n) is 17.7. The van der Waals surface area contributed by atoms with Crippen molar-refractivity contribution in [1.82, 2.24) is 4.98 Å². The number of carboxylic acids is 1. The minimum atomic E-state index is -3.13. The Morgan fingerprint density at radius 2 is 1.42 bits per heavy atom. The lowest BCUT2D eigenvalue weighted by molar-refractivity contribution is -0.138. The van der Waals surface area contributed by atoms with Crippen LogP contribution in [0.2, 0.25) is 5.04 Å². The highest BCUT2D eigenvalue weighted by Gasteiger charge is 2.52. The lowest BCUT2D eigenvalue weighted by atomic mass is 9.88. The van der Waals surface area contributed by atoms with Gasteiger partial charge in [-0.05, 0) is 56.1 Å². The van der Waals surface area contributed by atoms with Gasteiger partial charge in [-0.2, -0.15) is 0 Å². The van der Waals surface area contributed by atoms with Gasteiger partial charge in [-0.15, -0.1) is 4.52 Å². The van der Waals surface area contributed by atoms with Gasteiger partial charge >= 0.3 is 14.0 Å². The SMILES string of the molecule is Cc1c(-c2ccccc2)nc(C(C)C)c(C#CCO[P+](=O)C[C@H](CC(=O)O)O[Si](c2ccccc2)(c2ccccc2)C(C)(C)C)c1-c1ccc(F)cc1. The number of hydrogen-bond acceptors (Lipinski definition) is 5. The molecule has 4 aromatic carbocycles. The third-order valence-electron chi connectivity index (χ3n) is 9.20. The maximum Gasteiger partial charge on any atom is 0.511 e. The molecule has 53 heavy (non-hydrogen) atoms. The van der Waals surface area contributed by atoms with Crippen LogP contribution in [-0.4, -0.2) is 43.2 Å². The summed E-state index contributed by atoms with van der Waals surface area (Å²) in [6.45, 7) is 12.3. The molecule has 1 aromatic heterocycles. The zero-order chi connectivity index (χ0) is 38.2. The monoisotopic (exact) mass is 746 g/mol. The van der Waals surface area contributed by atoms with E-state index in [9.17, 15) is 18.9 Å². The highest BCUT2D eigenvalue weighted by atomic mass is 31.1. The fraction of sp³-hybridized carbons (Fsp3) is 0.273. The van der Waals surface area contributed by atoms with Crippen LogP contribution in [0.5, 0.6) is 0 Å². The van der Waals surface area contributed by atoms with Crippen LogP contribution in [0, 0.1) is 24.6 Å². The van der Waals surface area contributed by atoms with Crippen molar-refractivity contribution in [1.29, 1.82) is 0 Å².